The fourth-order valence-corrected chi connectivity index (χ4v) is 2.14. The summed E-state index contributed by atoms with van der Waals surface area (Å²) in [6.45, 7) is 3.74. The van der Waals surface area contributed by atoms with E-state index in [1.807, 2.05) is 19.2 Å². The van der Waals surface area contributed by atoms with Crippen LogP contribution in [-0.4, -0.2) is 30.6 Å². The number of para-hydroxylation sites is 1. The topological polar surface area (TPSA) is 51.2 Å². The molecule has 0 unspecified atom stereocenters. The van der Waals surface area contributed by atoms with Gasteiger partial charge in [-0.1, -0.05) is 24.3 Å². The highest BCUT2D eigenvalue weighted by molar-refractivity contribution is 5.81. The Labute approximate surface area is 119 Å². The first-order valence-electron chi connectivity index (χ1n) is 7.00. The lowest BCUT2D eigenvalue weighted by molar-refractivity contribution is -0.142. The molecule has 0 atom stereocenters. The zero-order valence-electron chi connectivity index (χ0n) is 11.8. The maximum absolute atomic E-state index is 11.2. The molecule has 1 aromatic heterocycles. The van der Waals surface area contributed by atoms with Gasteiger partial charge in [-0.25, -0.2) is 0 Å². The van der Waals surface area contributed by atoms with Crippen LogP contribution in [0.4, 0.5) is 0 Å². The smallest absolute Gasteiger partial charge is 0.307 e. The van der Waals surface area contributed by atoms with Crippen molar-refractivity contribution in [3.63, 3.8) is 0 Å². The number of benzene rings is 1. The molecule has 0 fully saturated rings. The molecule has 0 aliphatic carbocycles. The highest BCUT2D eigenvalue weighted by Crippen LogP contribution is 2.15. The number of hydrogen-bond donors (Lipinski definition) is 1. The van der Waals surface area contributed by atoms with Gasteiger partial charge in [-0.05, 0) is 31.5 Å². The van der Waals surface area contributed by atoms with E-state index in [-0.39, 0.29) is 5.97 Å². The van der Waals surface area contributed by atoms with Gasteiger partial charge in [-0.3, -0.25) is 9.78 Å². The number of nitrogens with one attached hydrogen (secondary N) is 1. The van der Waals surface area contributed by atoms with Crippen LogP contribution in [0.15, 0.2) is 36.5 Å². The third-order valence-electron chi connectivity index (χ3n) is 3.10. The van der Waals surface area contributed by atoms with Gasteiger partial charge in [0, 0.05) is 18.1 Å². The van der Waals surface area contributed by atoms with Crippen molar-refractivity contribution in [1.29, 1.82) is 0 Å². The van der Waals surface area contributed by atoms with E-state index in [1.165, 1.54) is 5.56 Å². The van der Waals surface area contributed by atoms with Crippen LogP contribution in [0, 0.1) is 0 Å². The van der Waals surface area contributed by atoms with Crippen molar-refractivity contribution in [2.75, 3.05) is 19.7 Å². The summed E-state index contributed by atoms with van der Waals surface area (Å²) >= 11 is 0. The van der Waals surface area contributed by atoms with Crippen LogP contribution in [0.5, 0.6) is 0 Å². The Bertz CT molecular complexity index is 564. The number of fused-ring (bicyclic) bond motifs is 1. The Hall–Kier alpha value is -1.94. The average molecular weight is 272 g/mol. The Morgan fingerprint density at radius 2 is 2.10 bits per heavy atom. The van der Waals surface area contributed by atoms with Gasteiger partial charge >= 0.3 is 5.97 Å². The quantitative estimate of drug-likeness (QED) is 0.621. The molecule has 0 saturated heterocycles. The summed E-state index contributed by atoms with van der Waals surface area (Å²) in [5.74, 6) is -0.146. The zero-order chi connectivity index (χ0) is 14.2. The van der Waals surface area contributed by atoms with Crippen molar-refractivity contribution < 1.29 is 9.53 Å². The number of hydrogen-bond acceptors (Lipinski definition) is 4. The molecule has 0 radical (unpaired) electrons. The third-order valence-corrected chi connectivity index (χ3v) is 3.10. The van der Waals surface area contributed by atoms with Gasteiger partial charge in [0.05, 0.1) is 18.5 Å². The number of carbonyl (C=O) groups is 1. The molecule has 0 bridgehead atoms. The highest BCUT2D eigenvalue weighted by atomic mass is 16.5. The van der Waals surface area contributed by atoms with Crippen LogP contribution >= 0.6 is 0 Å². The molecular weight excluding hydrogens is 252 g/mol. The lowest BCUT2D eigenvalue weighted by atomic mass is 10.1. The number of nitrogens with zero attached hydrogens (tertiary/aromatic N) is 1. The minimum Gasteiger partial charge on any atom is -0.466 e. The van der Waals surface area contributed by atoms with E-state index in [0.29, 0.717) is 19.6 Å². The lowest BCUT2D eigenvalue weighted by Gasteiger charge is -2.07. The van der Waals surface area contributed by atoms with Gasteiger partial charge in [-0.2, -0.15) is 0 Å². The zero-order valence-corrected chi connectivity index (χ0v) is 11.8. The van der Waals surface area contributed by atoms with Gasteiger partial charge < -0.3 is 10.1 Å². The van der Waals surface area contributed by atoms with E-state index in [4.69, 9.17) is 4.74 Å². The number of esters is 1. The second kappa shape index (κ2) is 7.60. The van der Waals surface area contributed by atoms with E-state index in [2.05, 4.69) is 34.6 Å². The fourth-order valence-electron chi connectivity index (χ4n) is 2.14. The van der Waals surface area contributed by atoms with E-state index < -0.39 is 0 Å². The van der Waals surface area contributed by atoms with E-state index in [9.17, 15) is 4.79 Å². The second-order valence-corrected chi connectivity index (χ2v) is 4.55. The Balaban J connectivity index is 1.80. The number of ether oxygens (including phenoxy) is 1. The van der Waals surface area contributed by atoms with E-state index in [1.54, 1.807) is 0 Å². The van der Waals surface area contributed by atoms with Crippen LogP contribution in [0.3, 0.4) is 0 Å². The first kappa shape index (κ1) is 14.5. The van der Waals surface area contributed by atoms with Crippen LogP contribution in [0.1, 0.15) is 18.9 Å². The van der Waals surface area contributed by atoms with Crippen molar-refractivity contribution in [3.8, 4) is 0 Å². The van der Waals surface area contributed by atoms with Gasteiger partial charge in [0.15, 0.2) is 0 Å². The molecule has 106 valence electrons. The van der Waals surface area contributed by atoms with Crippen molar-refractivity contribution in [2.24, 2.45) is 0 Å². The summed E-state index contributed by atoms with van der Waals surface area (Å²) in [4.78, 5) is 15.6. The fraction of sp³-hybridized carbons (Fsp3) is 0.375. The average Bonchev–Trinajstić information content (AvgIpc) is 2.47. The van der Waals surface area contributed by atoms with Crippen LogP contribution in [-0.2, 0) is 16.0 Å². The monoisotopic (exact) mass is 272 g/mol. The summed E-state index contributed by atoms with van der Waals surface area (Å²) in [7, 11) is 0. The summed E-state index contributed by atoms with van der Waals surface area (Å²) in [6.07, 6.45) is 3.14. The van der Waals surface area contributed by atoms with Crippen LogP contribution in [0.25, 0.3) is 10.9 Å². The van der Waals surface area contributed by atoms with Crippen LogP contribution in [0.2, 0.25) is 0 Å². The van der Waals surface area contributed by atoms with Gasteiger partial charge in [0.25, 0.3) is 0 Å². The Morgan fingerprint density at radius 1 is 1.25 bits per heavy atom. The largest absolute Gasteiger partial charge is 0.466 e. The second-order valence-electron chi connectivity index (χ2n) is 4.55. The summed E-state index contributed by atoms with van der Waals surface area (Å²) in [5, 5.41) is 4.42. The molecule has 0 aliphatic rings. The number of carbonyl (C=O) groups excluding carboxylic acids is 1. The number of pyridine rings is 1. The first-order valence-corrected chi connectivity index (χ1v) is 7.00. The van der Waals surface area contributed by atoms with E-state index >= 15 is 0 Å². The normalized spacial score (nSPS) is 10.7. The number of aromatic nitrogens is 1. The van der Waals surface area contributed by atoms with Crippen molar-refractivity contribution in [1.82, 2.24) is 10.3 Å². The SMILES string of the molecule is CCOC(=O)CCNCCc1cccc2cccnc12. The predicted molar refractivity (Wildman–Crippen MR) is 79.6 cm³/mol. The molecule has 2 aromatic rings. The molecular formula is C16H20N2O2. The minimum atomic E-state index is -0.146. The molecule has 1 heterocycles. The number of rotatable bonds is 7. The van der Waals surface area contributed by atoms with Gasteiger partial charge in [-0.15, -0.1) is 0 Å². The van der Waals surface area contributed by atoms with Crippen LogP contribution < -0.4 is 5.32 Å². The molecule has 0 spiro atoms. The molecule has 2 rings (SSSR count). The van der Waals surface area contributed by atoms with Gasteiger partial charge in [0.2, 0.25) is 0 Å². The maximum atomic E-state index is 11.2. The van der Waals surface area contributed by atoms with Gasteiger partial charge in [0.1, 0.15) is 0 Å². The third kappa shape index (κ3) is 4.03. The first-order chi connectivity index (χ1) is 9.81. The molecule has 4 heteroatoms. The Kier molecular flexibility index (Phi) is 5.50. The summed E-state index contributed by atoms with van der Waals surface area (Å²) < 4.78 is 4.88. The minimum absolute atomic E-state index is 0.146. The summed E-state index contributed by atoms with van der Waals surface area (Å²) in [5.41, 5.74) is 2.29. The summed E-state index contributed by atoms with van der Waals surface area (Å²) in [6, 6.07) is 10.2. The standard InChI is InChI=1S/C16H20N2O2/c1-2-20-15(19)9-12-17-11-8-14-6-3-5-13-7-4-10-18-16(13)14/h3-7,10,17H,2,8-9,11-12H2,1H3. The molecule has 0 aliphatic heterocycles. The van der Waals surface area contributed by atoms with Crippen molar-refractivity contribution in [3.05, 3.63) is 42.1 Å². The van der Waals surface area contributed by atoms with E-state index in [0.717, 1.165) is 23.9 Å². The molecule has 1 N–H and O–H groups in total. The van der Waals surface area contributed by atoms with Crippen molar-refractivity contribution in [2.45, 2.75) is 19.8 Å². The van der Waals surface area contributed by atoms with Crippen molar-refractivity contribution >= 4 is 16.9 Å². The maximum Gasteiger partial charge on any atom is 0.307 e. The predicted octanol–water partition coefficient (Wildman–Crippen LogP) is 2.32. The molecule has 0 saturated carbocycles. The molecule has 4 nitrogen and oxygen atoms in total. The molecule has 20 heavy (non-hydrogen) atoms. The highest BCUT2D eigenvalue weighted by Gasteiger charge is 2.03. The molecule has 0 amide bonds. The lowest BCUT2D eigenvalue weighted by Crippen LogP contribution is -2.21. The molecule has 1 aromatic carbocycles. The Morgan fingerprint density at radius 3 is 2.95 bits per heavy atom.